The second-order valence-electron chi connectivity index (χ2n) is 6.95. The first-order valence-electron chi connectivity index (χ1n) is 9.90. The number of fused-ring (bicyclic) bond motifs is 1. The molecule has 0 radical (unpaired) electrons. The zero-order valence-corrected chi connectivity index (χ0v) is 17.0. The summed E-state index contributed by atoms with van der Waals surface area (Å²) in [6.07, 6.45) is 1.81. The van der Waals surface area contributed by atoms with Crippen LogP contribution < -0.4 is 14.8 Å². The van der Waals surface area contributed by atoms with Gasteiger partial charge in [0.15, 0.2) is 11.5 Å². The highest BCUT2D eigenvalue weighted by Crippen LogP contribution is 2.30. The molecule has 148 valence electrons. The lowest BCUT2D eigenvalue weighted by molar-refractivity contribution is -0.709. The van der Waals surface area contributed by atoms with Crippen molar-refractivity contribution in [3.8, 4) is 11.5 Å². The third-order valence-electron chi connectivity index (χ3n) is 4.94. The summed E-state index contributed by atoms with van der Waals surface area (Å²) < 4.78 is 11.4. The lowest BCUT2D eigenvalue weighted by Crippen LogP contribution is -2.91. The van der Waals surface area contributed by atoms with Crippen LogP contribution in [0, 0.1) is 0 Å². The molecule has 3 rings (SSSR count). The predicted octanol–water partition coefficient (Wildman–Crippen LogP) is 3.86. The highest BCUT2D eigenvalue weighted by atomic mass is 16.5. The number of nitrogens with two attached hydrogens (primary N) is 1. The van der Waals surface area contributed by atoms with Crippen LogP contribution in [0.3, 0.4) is 0 Å². The molecule has 5 nitrogen and oxygen atoms in total. The van der Waals surface area contributed by atoms with Gasteiger partial charge in [0.2, 0.25) is 5.78 Å². The fraction of sp³-hybridized carbons (Fsp3) is 0.348. The maximum Gasteiger partial charge on any atom is 0.221 e. The molecule has 3 N–H and O–H groups in total. The Morgan fingerprint density at radius 1 is 1.04 bits per heavy atom. The molecule has 0 saturated heterocycles. The summed E-state index contributed by atoms with van der Waals surface area (Å²) in [5, 5.41) is 3.07. The maximum atomic E-state index is 13.0. The van der Waals surface area contributed by atoms with Crippen molar-refractivity contribution in [2.45, 2.75) is 39.8 Å². The van der Waals surface area contributed by atoms with E-state index in [1.165, 1.54) is 0 Å². The van der Waals surface area contributed by atoms with Crippen LogP contribution in [-0.2, 0) is 0 Å². The Morgan fingerprint density at radius 2 is 1.75 bits per heavy atom. The summed E-state index contributed by atoms with van der Waals surface area (Å²) in [4.78, 5) is 16.2. The van der Waals surface area contributed by atoms with Crippen LogP contribution in [-0.4, -0.2) is 30.0 Å². The monoisotopic (exact) mass is 381 g/mol. The predicted molar refractivity (Wildman–Crippen MR) is 111 cm³/mol. The first kappa shape index (κ1) is 20.0. The van der Waals surface area contributed by atoms with Crippen molar-refractivity contribution in [2.24, 2.45) is 0 Å². The molecule has 2 aromatic carbocycles. The number of rotatable bonds is 9. The number of ether oxygens (including phenoxy) is 2. The smallest absolute Gasteiger partial charge is 0.221 e. The number of ketones is 1. The average molecular weight is 381 g/mol. The Balaban J connectivity index is 1.75. The summed E-state index contributed by atoms with van der Waals surface area (Å²) in [5.41, 5.74) is 2.83. The normalized spacial score (nSPS) is 13.3. The number of carbonyl (C=O) groups excluding carboxylic acids is 1. The Labute approximate surface area is 166 Å². The molecule has 0 aliphatic carbocycles. The molecular formula is C23H29N2O3+. The fourth-order valence-corrected chi connectivity index (χ4v) is 3.50. The Hall–Kier alpha value is -2.79. The van der Waals surface area contributed by atoms with Gasteiger partial charge in [-0.15, -0.1) is 0 Å². The van der Waals surface area contributed by atoms with E-state index in [-0.39, 0.29) is 17.9 Å². The zero-order valence-electron chi connectivity index (χ0n) is 17.0. The molecule has 0 saturated carbocycles. The number of aromatic nitrogens is 1. The molecule has 0 bridgehead atoms. The number of quaternary nitrogens is 1. The number of hydrogen-bond acceptors (Lipinski definition) is 3. The fourth-order valence-electron chi connectivity index (χ4n) is 3.50. The highest BCUT2D eigenvalue weighted by Gasteiger charge is 2.24. The molecule has 1 heterocycles. The molecule has 1 aromatic heterocycles. The highest BCUT2D eigenvalue weighted by molar-refractivity contribution is 6.09. The molecular weight excluding hydrogens is 352 g/mol. The van der Waals surface area contributed by atoms with Gasteiger partial charge in [0.25, 0.3) is 0 Å². The van der Waals surface area contributed by atoms with Crippen LogP contribution in [0.2, 0.25) is 0 Å². The van der Waals surface area contributed by atoms with Gasteiger partial charge in [-0.1, -0.05) is 18.2 Å². The van der Waals surface area contributed by atoms with Gasteiger partial charge in [-0.25, -0.2) is 0 Å². The van der Waals surface area contributed by atoms with Crippen LogP contribution >= 0.6 is 0 Å². The second kappa shape index (κ2) is 8.93. The van der Waals surface area contributed by atoms with Crippen molar-refractivity contribution in [3.05, 3.63) is 59.8 Å². The molecule has 0 fully saturated rings. The standard InChI is InChI=1S/C23H28N2O3/c1-5-27-21-12-11-17(13-22(21)28-6-2)15(3)25-16(4)23(26)19-14-24-20-10-8-7-9-18(19)20/h7-16,24-25H,5-6H2,1-4H3/p+1/t15-,16-/m0/s1. The topological polar surface area (TPSA) is 67.9 Å². The van der Waals surface area contributed by atoms with Crippen molar-refractivity contribution < 1.29 is 19.6 Å². The number of para-hydroxylation sites is 1. The van der Waals surface area contributed by atoms with Crippen LogP contribution in [0.1, 0.15) is 49.7 Å². The Morgan fingerprint density at radius 3 is 2.50 bits per heavy atom. The van der Waals surface area contributed by atoms with E-state index in [1.807, 2.05) is 69.4 Å². The molecule has 0 aliphatic heterocycles. The van der Waals surface area contributed by atoms with E-state index in [0.717, 1.165) is 33.5 Å². The minimum absolute atomic E-state index is 0.110. The van der Waals surface area contributed by atoms with E-state index in [9.17, 15) is 4.79 Å². The van der Waals surface area contributed by atoms with E-state index >= 15 is 0 Å². The molecule has 0 unspecified atom stereocenters. The van der Waals surface area contributed by atoms with E-state index < -0.39 is 0 Å². The molecule has 5 heteroatoms. The molecule has 0 spiro atoms. The molecule has 0 aliphatic rings. The van der Waals surface area contributed by atoms with Gasteiger partial charge in [-0.3, -0.25) is 4.79 Å². The number of benzene rings is 2. The van der Waals surface area contributed by atoms with E-state index in [1.54, 1.807) is 0 Å². The minimum atomic E-state index is -0.198. The third-order valence-corrected chi connectivity index (χ3v) is 4.94. The van der Waals surface area contributed by atoms with E-state index in [2.05, 4.69) is 17.2 Å². The number of Topliss-reactive ketones (excluding diaryl/α,β-unsaturated/α-hetero) is 1. The first-order chi connectivity index (χ1) is 13.5. The number of H-pyrrole nitrogens is 1. The SMILES string of the molecule is CCOc1ccc([C@H](C)[NH2+][C@@H](C)C(=O)c2c[nH]c3ccccc23)cc1OCC. The molecule has 0 amide bonds. The summed E-state index contributed by atoms with van der Waals surface area (Å²) in [6.45, 7) is 9.15. The van der Waals surface area contributed by atoms with Crippen molar-refractivity contribution in [3.63, 3.8) is 0 Å². The third kappa shape index (κ3) is 4.20. The quantitative estimate of drug-likeness (QED) is 0.553. The van der Waals surface area contributed by atoms with Gasteiger partial charge in [0.05, 0.1) is 13.2 Å². The minimum Gasteiger partial charge on any atom is -0.490 e. The molecule has 3 aromatic rings. The summed E-state index contributed by atoms with van der Waals surface area (Å²) >= 11 is 0. The van der Waals surface area contributed by atoms with Crippen molar-refractivity contribution in [2.75, 3.05) is 13.2 Å². The Kier molecular flexibility index (Phi) is 6.37. The average Bonchev–Trinajstić information content (AvgIpc) is 3.13. The van der Waals surface area contributed by atoms with Crippen molar-refractivity contribution in [1.82, 2.24) is 4.98 Å². The summed E-state index contributed by atoms with van der Waals surface area (Å²) in [6, 6.07) is 13.8. The lowest BCUT2D eigenvalue weighted by Gasteiger charge is -2.18. The number of aromatic amines is 1. The van der Waals surface area contributed by atoms with Gasteiger partial charge in [0, 0.05) is 28.2 Å². The lowest BCUT2D eigenvalue weighted by atomic mass is 10.0. The molecule has 2 atom stereocenters. The van der Waals surface area contributed by atoms with Crippen LogP contribution in [0.4, 0.5) is 0 Å². The van der Waals surface area contributed by atoms with Gasteiger partial charge in [0.1, 0.15) is 12.1 Å². The first-order valence-corrected chi connectivity index (χ1v) is 9.90. The van der Waals surface area contributed by atoms with E-state index in [0.29, 0.717) is 13.2 Å². The van der Waals surface area contributed by atoms with E-state index in [4.69, 9.17) is 9.47 Å². The van der Waals surface area contributed by atoms with Gasteiger partial charge < -0.3 is 19.8 Å². The van der Waals surface area contributed by atoms with Crippen molar-refractivity contribution >= 4 is 16.7 Å². The van der Waals surface area contributed by atoms with Gasteiger partial charge in [-0.05, 0) is 52.0 Å². The van der Waals surface area contributed by atoms with Crippen molar-refractivity contribution in [1.29, 1.82) is 0 Å². The van der Waals surface area contributed by atoms with Crippen LogP contribution in [0.15, 0.2) is 48.7 Å². The summed E-state index contributed by atoms with van der Waals surface area (Å²) in [7, 11) is 0. The van der Waals surface area contributed by atoms with Gasteiger partial charge in [-0.2, -0.15) is 0 Å². The number of nitrogens with one attached hydrogen (secondary N) is 1. The largest absolute Gasteiger partial charge is 0.490 e. The second-order valence-corrected chi connectivity index (χ2v) is 6.95. The number of hydrogen-bond donors (Lipinski definition) is 2. The number of carbonyl (C=O) groups is 1. The van der Waals surface area contributed by atoms with Gasteiger partial charge >= 0.3 is 0 Å². The van der Waals surface area contributed by atoms with Crippen LogP contribution in [0.5, 0.6) is 11.5 Å². The zero-order chi connectivity index (χ0) is 20.1. The maximum absolute atomic E-state index is 13.0. The molecule has 28 heavy (non-hydrogen) atoms. The Bertz CT molecular complexity index is 948. The summed E-state index contributed by atoms with van der Waals surface area (Å²) in [5.74, 6) is 1.63. The van der Waals surface area contributed by atoms with Crippen LogP contribution in [0.25, 0.3) is 10.9 Å².